The molecule has 0 nitrogen and oxygen atoms in total. The van der Waals surface area contributed by atoms with Crippen molar-refractivity contribution in [2.45, 2.75) is 71.0 Å². The fourth-order valence-electron chi connectivity index (χ4n) is 1.62. The van der Waals surface area contributed by atoms with Crippen LogP contribution in [0.2, 0.25) is 0 Å². The van der Waals surface area contributed by atoms with Crippen LogP contribution in [0.25, 0.3) is 0 Å². The van der Waals surface area contributed by atoms with Crippen LogP contribution < -0.4 is 0 Å². The van der Waals surface area contributed by atoms with Gasteiger partial charge in [0.25, 0.3) is 0 Å². The normalized spacial score (nSPS) is 13.5. The molecular weight excluding hydrogens is 200 g/mol. The van der Waals surface area contributed by atoms with Crippen molar-refractivity contribution in [1.82, 2.24) is 0 Å². The number of unbranched alkanes of at least 4 members (excludes halogenated alkanes) is 4. The maximum absolute atomic E-state index is 2.38. The molecule has 0 bridgehead atoms. The average Bonchev–Trinajstić information content (AvgIpc) is 2.25. The van der Waals surface area contributed by atoms with Crippen LogP contribution >= 0.6 is 11.8 Å². The predicted molar refractivity (Wildman–Crippen MR) is 74.7 cm³/mol. The third-order valence-corrected chi connectivity index (χ3v) is 4.02. The van der Waals surface area contributed by atoms with Crippen molar-refractivity contribution in [3.05, 3.63) is 12.2 Å². The lowest BCUT2D eigenvalue weighted by atomic mass is 10.1. The van der Waals surface area contributed by atoms with Crippen LogP contribution in [0.5, 0.6) is 0 Å². The average molecular weight is 228 g/mol. The van der Waals surface area contributed by atoms with Crippen molar-refractivity contribution < 1.29 is 0 Å². The number of thioether (sulfide) groups is 1. The van der Waals surface area contributed by atoms with E-state index in [2.05, 4.69) is 44.7 Å². The molecule has 0 radical (unpaired) electrons. The van der Waals surface area contributed by atoms with Gasteiger partial charge in [-0.15, -0.1) is 0 Å². The largest absolute Gasteiger partial charge is 0.159 e. The molecule has 0 saturated heterocycles. The molecule has 1 heteroatoms. The van der Waals surface area contributed by atoms with E-state index in [9.17, 15) is 0 Å². The smallest absolute Gasteiger partial charge is 0.00187 e. The fraction of sp³-hybridized carbons (Fsp3) is 0.857. The number of hydrogen-bond acceptors (Lipinski definition) is 1. The first kappa shape index (κ1) is 15.1. The highest BCUT2D eigenvalue weighted by atomic mass is 32.2. The first-order valence-electron chi connectivity index (χ1n) is 6.54. The number of allylic oxidation sites excluding steroid dienone is 2. The fourth-order valence-corrected chi connectivity index (χ4v) is 2.59. The Balaban J connectivity index is 3.09. The zero-order valence-corrected chi connectivity index (χ0v) is 11.6. The van der Waals surface area contributed by atoms with E-state index >= 15 is 0 Å². The zero-order chi connectivity index (χ0) is 11.4. The quantitative estimate of drug-likeness (QED) is 0.354. The molecule has 0 aromatic carbocycles. The Morgan fingerprint density at radius 1 is 1.13 bits per heavy atom. The highest BCUT2D eigenvalue weighted by Crippen LogP contribution is 2.18. The summed E-state index contributed by atoms with van der Waals surface area (Å²) in [6.45, 7) is 6.74. The Labute approximate surface area is 101 Å². The Hall–Kier alpha value is 0.0900. The SMILES string of the molecule is C/C=C/CCCCCCC(C)SCCC. The molecule has 0 spiro atoms. The van der Waals surface area contributed by atoms with Gasteiger partial charge in [0.05, 0.1) is 0 Å². The van der Waals surface area contributed by atoms with E-state index in [0.29, 0.717) is 0 Å². The molecule has 0 amide bonds. The minimum absolute atomic E-state index is 0.875. The minimum atomic E-state index is 0.875. The van der Waals surface area contributed by atoms with Crippen LogP contribution in [0.1, 0.15) is 65.7 Å². The van der Waals surface area contributed by atoms with Crippen molar-refractivity contribution in [3.8, 4) is 0 Å². The molecule has 0 saturated carbocycles. The van der Waals surface area contributed by atoms with E-state index in [4.69, 9.17) is 0 Å². The molecule has 0 aliphatic carbocycles. The van der Waals surface area contributed by atoms with Crippen LogP contribution in [0.4, 0.5) is 0 Å². The lowest BCUT2D eigenvalue weighted by Crippen LogP contribution is -1.97. The summed E-state index contributed by atoms with van der Waals surface area (Å²) in [6.07, 6.45) is 14.1. The Morgan fingerprint density at radius 2 is 1.87 bits per heavy atom. The van der Waals surface area contributed by atoms with E-state index in [1.165, 1.54) is 50.7 Å². The van der Waals surface area contributed by atoms with Crippen LogP contribution in [-0.4, -0.2) is 11.0 Å². The van der Waals surface area contributed by atoms with E-state index in [1.54, 1.807) is 0 Å². The van der Waals surface area contributed by atoms with Gasteiger partial charge >= 0.3 is 0 Å². The summed E-state index contributed by atoms with van der Waals surface area (Å²) in [5, 5.41) is 0.875. The van der Waals surface area contributed by atoms with Crippen LogP contribution in [0.3, 0.4) is 0 Å². The van der Waals surface area contributed by atoms with Crippen molar-refractivity contribution in [2.75, 3.05) is 5.75 Å². The Bertz CT molecular complexity index is 140. The molecule has 0 fully saturated rings. The van der Waals surface area contributed by atoms with E-state index in [1.807, 2.05) is 0 Å². The van der Waals surface area contributed by atoms with Gasteiger partial charge in [-0.3, -0.25) is 0 Å². The first-order valence-corrected chi connectivity index (χ1v) is 7.58. The van der Waals surface area contributed by atoms with E-state index < -0.39 is 0 Å². The lowest BCUT2D eigenvalue weighted by molar-refractivity contribution is 0.616. The molecule has 0 heterocycles. The highest BCUT2D eigenvalue weighted by Gasteiger charge is 2.00. The maximum Gasteiger partial charge on any atom is 0.00187 e. The standard InChI is InChI=1S/C14H28S/c1-4-6-7-8-9-10-11-12-14(3)15-13-5-2/h4,6,14H,5,7-13H2,1-3H3/b6-4+. The molecule has 0 aromatic heterocycles. The maximum atomic E-state index is 2.38. The highest BCUT2D eigenvalue weighted by molar-refractivity contribution is 7.99. The summed E-state index contributed by atoms with van der Waals surface area (Å²) in [4.78, 5) is 0. The van der Waals surface area contributed by atoms with Crippen molar-refractivity contribution in [3.63, 3.8) is 0 Å². The van der Waals surface area contributed by atoms with Crippen molar-refractivity contribution >= 4 is 11.8 Å². The Morgan fingerprint density at radius 3 is 2.53 bits per heavy atom. The number of hydrogen-bond donors (Lipinski definition) is 0. The molecule has 0 aromatic rings. The van der Waals surface area contributed by atoms with Gasteiger partial charge in [-0.25, -0.2) is 0 Å². The summed E-state index contributed by atoms with van der Waals surface area (Å²) in [5.41, 5.74) is 0. The molecule has 0 N–H and O–H groups in total. The lowest BCUT2D eigenvalue weighted by Gasteiger charge is -2.09. The van der Waals surface area contributed by atoms with Gasteiger partial charge in [0, 0.05) is 5.25 Å². The Kier molecular flexibility index (Phi) is 12.2. The second kappa shape index (κ2) is 12.2. The number of rotatable bonds is 10. The topological polar surface area (TPSA) is 0 Å². The van der Waals surface area contributed by atoms with Crippen molar-refractivity contribution in [2.24, 2.45) is 0 Å². The third-order valence-electron chi connectivity index (χ3n) is 2.57. The second-order valence-corrected chi connectivity index (χ2v) is 5.79. The van der Waals surface area contributed by atoms with Gasteiger partial charge in [0.15, 0.2) is 0 Å². The zero-order valence-electron chi connectivity index (χ0n) is 10.8. The van der Waals surface area contributed by atoms with Crippen LogP contribution in [-0.2, 0) is 0 Å². The molecule has 1 unspecified atom stereocenters. The summed E-state index contributed by atoms with van der Waals surface area (Å²) in [6, 6.07) is 0. The van der Waals surface area contributed by atoms with Gasteiger partial charge in [0.1, 0.15) is 0 Å². The second-order valence-electron chi connectivity index (χ2n) is 4.24. The molecular formula is C14H28S. The summed E-state index contributed by atoms with van der Waals surface area (Å²) < 4.78 is 0. The van der Waals surface area contributed by atoms with Gasteiger partial charge in [-0.05, 0) is 38.4 Å². The van der Waals surface area contributed by atoms with E-state index in [-0.39, 0.29) is 0 Å². The molecule has 0 rings (SSSR count). The summed E-state index contributed by atoms with van der Waals surface area (Å²) >= 11 is 2.14. The van der Waals surface area contributed by atoms with Gasteiger partial charge in [0.2, 0.25) is 0 Å². The van der Waals surface area contributed by atoms with E-state index in [0.717, 1.165) is 5.25 Å². The first-order chi connectivity index (χ1) is 7.31. The third kappa shape index (κ3) is 12.0. The molecule has 15 heavy (non-hydrogen) atoms. The van der Waals surface area contributed by atoms with Crippen LogP contribution in [0.15, 0.2) is 12.2 Å². The van der Waals surface area contributed by atoms with Gasteiger partial charge in [-0.1, -0.05) is 45.3 Å². The van der Waals surface area contributed by atoms with Crippen LogP contribution in [0, 0.1) is 0 Å². The monoisotopic (exact) mass is 228 g/mol. The molecule has 1 atom stereocenters. The molecule has 0 aliphatic heterocycles. The minimum Gasteiger partial charge on any atom is -0.159 e. The predicted octanol–water partition coefficient (Wildman–Crippen LogP) is 5.43. The molecule has 90 valence electrons. The van der Waals surface area contributed by atoms with Gasteiger partial charge in [-0.2, -0.15) is 11.8 Å². The summed E-state index contributed by atoms with van der Waals surface area (Å²) in [5.74, 6) is 1.34. The molecule has 0 aliphatic rings. The summed E-state index contributed by atoms with van der Waals surface area (Å²) in [7, 11) is 0. The van der Waals surface area contributed by atoms with Gasteiger partial charge < -0.3 is 0 Å². The van der Waals surface area contributed by atoms with Crippen molar-refractivity contribution in [1.29, 1.82) is 0 Å².